The molecular weight excluding hydrogens is 385 g/mol. The standard InChI is InChI=1S/C16H15ClFN3O4S/c17-13-8-11(1-2-14(13)18)20-16(22)10-3-5-19-15(7-10)21-26(23,24)12-4-6-25-9-12/h1-3,5,7-8,12H,4,6,9H2,(H,19,21)(H,20,22). The second-order valence-corrected chi connectivity index (χ2v) is 8.01. The first-order valence-electron chi connectivity index (χ1n) is 7.67. The summed E-state index contributed by atoms with van der Waals surface area (Å²) in [6.07, 6.45) is 1.72. The lowest BCUT2D eigenvalue weighted by molar-refractivity contribution is 0.102. The highest BCUT2D eigenvalue weighted by Crippen LogP contribution is 2.21. The number of sulfonamides is 1. The van der Waals surface area contributed by atoms with Crippen LogP contribution >= 0.6 is 11.6 Å². The first-order valence-corrected chi connectivity index (χ1v) is 9.59. The fraction of sp³-hybridized carbons (Fsp3) is 0.250. The molecule has 1 atom stereocenters. The molecule has 7 nitrogen and oxygen atoms in total. The van der Waals surface area contributed by atoms with Crippen molar-refractivity contribution in [1.82, 2.24) is 4.98 Å². The Morgan fingerprint density at radius 3 is 2.81 bits per heavy atom. The summed E-state index contributed by atoms with van der Waals surface area (Å²) in [6, 6.07) is 6.52. The van der Waals surface area contributed by atoms with Gasteiger partial charge in [-0.15, -0.1) is 0 Å². The number of hydrogen-bond donors (Lipinski definition) is 2. The Kier molecular flexibility index (Phi) is 5.40. The van der Waals surface area contributed by atoms with Crippen LogP contribution in [-0.4, -0.2) is 37.8 Å². The van der Waals surface area contributed by atoms with Crippen molar-refractivity contribution in [3.8, 4) is 0 Å². The van der Waals surface area contributed by atoms with Crippen LogP contribution < -0.4 is 10.0 Å². The van der Waals surface area contributed by atoms with E-state index in [4.69, 9.17) is 16.3 Å². The Morgan fingerprint density at radius 2 is 2.12 bits per heavy atom. The van der Waals surface area contributed by atoms with Crippen molar-refractivity contribution >= 4 is 39.0 Å². The number of aromatic nitrogens is 1. The smallest absolute Gasteiger partial charge is 0.255 e. The van der Waals surface area contributed by atoms with Crippen molar-refractivity contribution in [3.63, 3.8) is 0 Å². The van der Waals surface area contributed by atoms with Crippen LogP contribution in [0.1, 0.15) is 16.8 Å². The molecule has 1 aromatic carbocycles. The lowest BCUT2D eigenvalue weighted by atomic mass is 10.2. The second kappa shape index (κ2) is 7.56. The van der Waals surface area contributed by atoms with Crippen molar-refractivity contribution in [2.45, 2.75) is 11.7 Å². The van der Waals surface area contributed by atoms with Gasteiger partial charge in [0.2, 0.25) is 10.0 Å². The molecular formula is C16H15ClFN3O4S. The van der Waals surface area contributed by atoms with Crippen LogP contribution in [0.3, 0.4) is 0 Å². The maximum atomic E-state index is 13.2. The van der Waals surface area contributed by atoms with Crippen molar-refractivity contribution in [2.75, 3.05) is 23.3 Å². The van der Waals surface area contributed by atoms with E-state index >= 15 is 0 Å². The molecule has 3 rings (SSSR count). The summed E-state index contributed by atoms with van der Waals surface area (Å²) in [7, 11) is -3.65. The zero-order chi connectivity index (χ0) is 18.7. The van der Waals surface area contributed by atoms with Crippen LogP contribution in [0.4, 0.5) is 15.9 Å². The Hall–Kier alpha value is -2.23. The molecule has 1 aliphatic heterocycles. The number of anilines is 2. The van der Waals surface area contributed by atoms with E-state index in [9.17, 15) is 17.6 Å². The summed E-state index contributed by atoms with van der Waals surface area (Å²) >= 11 is 5.68. The van der Waals surface area contributed by atoms with Gasteiger partial charge in [0.05, 0.1) is 11.6 Å². The van der Waals surface area contributed by atoms with Crippen molar-refractivity contribution in [3.05, 3.63) is 52.9 Å². The number of rotatable bonds is 5. The number of benzene rings is 1. The maximum Gasteiger partial charge on any atom is 0.255 e. The number of carbonyl (C=O) groups is 1. The molecule has 2 heterocycles. The molecule has 1 fully saturated rings. The SMILES string of the molecule is O=C(Nc1ccc(F)c(Cl)c1)c1ccnc(NS(=O)(=O)C2CCOC2)c1. The molecule has 1 aliphatic rings. The van der Waals surface area contributed by atoms with E-state index in [-0.39, 0.29) is 23.0 Å². The van der Waals surface area contributed by atoms with Gasteiger partial charge in [0, 0.05) is 24.1 Å². The Morgan fingerprint density at radius 1 is 1.31 bits per heavy atom. The average Bonchev–Trinajstić information content (AvgIpc) is 3.14. The van der Waals surface area contributed by atoms with Gasteiger partial charge in [-0.25, -0.2) is 17.8 Å². The monoisotopic (exact) mass is 399 g/mol. The molecule has 26 heavy (non-hydrogen) atoms. The summed E-state index contributed by atoms with van der Waals surface area (Å²) in [5.41, 5.74) is 0.490. The highest BCUT2D eigenvalue weighted by atomic mass is 35.5. The minimum atomic E-state index is -3.65. The van der Waals surface area contributed by atoms with Crippen LogP contribution in [0, 0.1) is 5.82 Å². The van der Waals surface area contributed by atoms with Gasteiger partial charge in [-0.1, -0.05) is 11.6 Å². The molecule has 0 spiro atoms. The highest BCUT2D eigenvalue weighted by molar-refractivity contribution is 7.93. The third-order valence-electron chi connectivity index (χ3n) is 3.77. The quantitative estimate of drug-likeness (QED) is 0.805. The fourth-order valence-electron chi connectivity index (χ4n) is 2.39. The van der Waals surface area contributed by atoms with E-state index in [2.05, 4.69) is 15.0 Å². The molecule has 1 saturated heterocycles. The molecule has 1 amide bonds. The van der Waals surface area contributed by atoms with Gasteiger partial charge in [0.25, 0.3) is 5.91 Å². The summed E-state index contributed by atoms with van der Waals surface area (Å²) in [5.74, 6) is -1.08. The molecule has 10 heteroatoms. The van der Waals surface area contributed by atoms with E-state index < -0.39 is 27.0 Å². The van der Waals surface area contributed by atoms with Crippen LogP contribution in [0.5, 0.6) is 0 Å². The number of ether oxygens (including phenoxy) is 1. The molecule has 0 bridgehead atoms. The zero-order valence-electron chi connectivity index (χ0n) is 13.4. The summed E-state index contributed by atoms with van der Waals surface area (Å²) < 4.78 is 45.1. The largest absolute Gasteiger partial charge is 0.380 e. The first-order chi connectivity index (χ1) is 12.3. The van der Waals surface area contributed by atoms with Gasteiger partial charge in [-0.2, -0.15) is 0 Å². The van der Waals surface area contributed by atoms with E-state index in [0.717, 1.165) is 6.07 Å². The molecule has 2 aromatic rings. The zero-order valence-corrected chi connectivity index (χ0v) is 15.0. The van der Waals surface area contributed by atoms with Gasteiger partial charge in [-0.05, 0) is 36.8 Å². The normalized spacial score (nSPS) is 17.1. The van der Waals surface area contributed by atoms with Gasteiger partial charge in [0.15, 0.2) is 0 Å². The molecule has 0 aliphatic carbocycles. The van der Waals surface area contributed by atoms with Crippen molar-refractivity contribution in [2.24, 2.45) is 0 Å². The number of halogens is 2. The second-order valence-electron chi connectivity index (χ2n) is 5.65. The van der Waals surface area contributed by atoms with Gasteiger partial charge < -0.3 is 10.1 Å². The Labute approximate surface area is 154 Å². The average molecular weight is 400 g/mol. The molecule has 1 aromatic heterocycles. The highest BCUT2D eigenvalue weighted by Gasteiger charge is 2.30. The fourth-order valence-corrected chi connectivity index (χ4v) is 3.82. The van der Waals surface area contributed by atoms with Gasteiger partial charge in [0.1, 0.15) is 16.9 Å². The van der Waals surface area contributed by atoms with E-state index in [0.29, 0.717) is 18.7 Å². The lowest BCUT2D eigenvalue weighted by Gasteiger charge is -2.12. The molecule has 1 unspecified atom stereocenters. The number of carbonyl (C=O) groups excluding carboxylic acids is 1. The van der Waals surface area contributed by atoms with E-state index in [1.807, 2.05) is 0 Å². The summed E-state index contributed by atoms with van der Waals surface area (Å²) in [6.45, 7) is 0.516. The lowest BCUT2D eigenvalue weighted by Crippen LogP contribution is -2.28. The maximum absolute atomic E-state index is 13.2. The van der Waals surface area contributed by atoms with Crippen molar-refractivity contribution < 1.29 is 22.3 Å². The third kappa shape index (κ3) is 4.29. The minimum Gasteiger partial charge on any atom is -0.380 e. The number of pyridine rings is 1. The Balaban J connectivity index is 1.73. The number of amides is 1. The van der Waals surface area contributed by atoms with Crippen LogP contribution in [0.15, 0.2) is 36.5 Å². The molecule has 138 valence electrons. The summed E-state index contributed by atoms with van der Waals surface area (Å²) in [5, 5.41) is 1.79. The predicted octanol–water partition coefficient (Wildman–Crippen LogP) is 2.66. The Bertz CT molecular complexity index is 933. The van der Waals surface area contributed by atoms with Gasteiger partial charge >= 0.3 is 0 Å². The number of nitrogens with one attached hydrogen (secondary N) is 2. The van der Waals surface area contributed by atoms with Crippen LogP contribution in [-0.2, 0) is 14.8 Å². The third-order valence-corrected chi connectivity index (χ3v) is 5.81. The summed E-state index contributed by atoms with van der Waals surface area (Å²) in [4.78, 5) is 16.2. The van der Waals surface area contributed by atoms with Crippen LogP contribution in [0.2, 0.25) is 5.02 Å². The first kappa shape index (κ1) is 18.6. The molecule has 0 radical (unpaired) electrons. The number of nitrogens with zero attached hydrogens (tertiary/aromatic N) is 1. The van der Waals surface area contributed by atoms with E-state index in [1.165, 1.54) is 30.5 Å². The van der Waals surface area contributed by atoms with Crippen molar-refractivity contribution in [1.29, 1.82) is 0 Å². The van der Waals surface area contributed by atoms with Gasteiger partial charge in [-0.3, -0.25) is 9.52 Å². The topological polar surface area (TPSA) is 97.4 Å². The van der Waals surface area contributed by atoms with Crippen LogP contribution in [0.25, 0.3) is 0 Å². The predicted molar refractivity (Wildman–Crippen MR) is 95.4 cm³/mol. The molecule has 2 N–H and O–H groups in total. The minimum absolute atomic E-state index is 0.0293. The van der Waals surface area contributed by atoms with E-state index in [1.54, 1.807) is 0 Å². The molecule has 0 saturated carbocycles. The number of hydrogen-bond acceptors (Lipinski definition) is 5.